The monoisotopic (exact) mass is 193 g/mol. The molecule has 0 amide bonds. The second-order valence-electron chi connectivity index (χ2n) is 3.12. The van der Waals surface area contributed by atoms with E-state index in [1.165, 1.54) is 0 Å². The third kappa shape index (κ3) is 3.58. The third-order valence-corrected chi connectivity index (χ3v) is 1.73. The average Bonchev–Trinajstić information content (AvgIpc) is 2.18. The predicted molar refractivity (Wildman–Crippen MR) is 57.1 cm³/mol. The van der Waals surface area contributed by atoms with Crippen molar-refractivity contribution in [2.45, 2.75) is 13.0 Å². The van der Waals surface area contributed by atoms with Crippen molar-refractivity contribution in [2.75, 3.05) is 13.7 Å². The Morgan fingerprint density at radius 2 is 2.07 bits per heavy atom. The van der Waals surface area contributed by atoms with Crippen LogP contribution in [-0.4, -0.2) is 31.1 Å². The minimum Gasteiger partial charge on any atom is -0.497 e. The summed E-state index contributed by atoms with van der Waals surface area (Å²) in [5, 5.41) is 8.98. The first-order valence-electron chi connectivity index (χ1n) is 4.54. The number of aliphatic imine (C=N–C) groups is 1. The second-order valence-corrected chi connectivity index (χ2v) is 3.12. The van der Waals surface area contributed by atoms with Crippen LogP contribution in [0.2, 0.25) is 0 Å². The van der Waals surface area contributed by atoms with Crippen molar-refractivity contribution in [3.63, 3.8) is 0 Å². The van der Waals surface area contributed by atoms with Crippen LogP contribution in [0.3, 0.4) is 0 Å². The molecule has 14 heavy (non-hydrogen) atoms. The fourth-order valence-electron chi connectivity index (χ4n) is 1.00. The number of aliphatic hydroxyl groups excluding tert-OH is 1. The van der Waals surface area contributed by atoms with E-state index in [0.29, 0.717) is 6.54 Å². The largest absolute Gasteiger partial charge is 0.497 e. The molecule has 1 N–H and O–H groups in total. The summed E-state index contributed by atoms with van der Waals surface area (Å²) in [7, 11) is 1.64. The molecular weight excluding hydrogens is 178 g/mol. The maximum atomic E-state index is 8.98. The minimum absolute atomic E-state index is 0.385. The highest BCUT2D eigenvalue weighted by Crippen LogP contribution is 2.09. The lowest BCUT2D eigenvalue weighted by Gasteiger charge is -1.99. The first-order chi connectivity index (χ1) is 6.72. The Labute approximate surface area is 84.1 Å². The van der Waals surface area contributed by atoms with Gasteiger partial charge in [0.1, 0.15) is 5.75 Å². The molecule has 0 aromatic heterocycles. The molecule has 1 aromatic rings. The van der Waals surface area contributed by atoms with Crippen molar-refractivity contribution in [3.05, 3.63) is 29.8 Å². The van der Waals surface area contributed by atoms with Crippen molar-refractivity contribution in [1.29, 1.82) is 0 Å². The van der Waals surface area contributed by atoms with Gasteiger partial charge < -0.3 is 9.84 Å². The van der Waals surface area contributed by atoms with Gasteiger partial charge in [-0.15, -0.1) is 0 Å². The number of ether oxygens (including phenoxy) is 1. The molecule has 1 atom stereocenters. The first-order valence-corrected chi connectivity index (χ1v) is 4.54. The molecule has 0 aliphatic heterocycles. The summed E-state index contributed by atoms with van der Waals surface area (Å²) in [5.74, 6) is 0.831. The summed E-state index contributed by atoms with van der Waals surface area (Å²) in [4.78, 5) is 4.08. The highest BCUT2D eigenvalue weighted by Gasteiger charge is 1.92. The lowest BCUT2D eigenvalue weighted by molar-refractivity contribution is 0.204. The van der Waals surface area contributed by atoms with Crippen LogP contribution in [0.1, 0.15) is 12.5 Å². The lowest BCUT2D eigenvalue weighted by atomic mass is 10.2. The molecule has 3 nitrogen and oxygen atoms in total. The molecule has 0 saturated carbocycles. The third-order valence-electron chi connectivity index (χ3n) is 1.73. The molecule has 0 radical (unpaired) electrons. The van der Waals surface area contributed by atoms with Gasteiger partial charge in [-0.1, -0.05) is 0 Å². The van der Waals surface area contributed by atoms with Gasteiger partial charge in [0.15, 0.2) is 0 Å². The quantitative estimate of drug-likeness (QED) is 0.736. The van der Waals surface area contributed by atoms with Gasteiger partial charge in [-0.3, -0.25) is 4.99 Å². The molecular formula is C11H15NO2. The molecule has 0 bridgehead atoms. The standard InChI is InChI=1S/C11H15NO2/c1-9(13)7-12-8-10-3-5-11(14-2)6-4-10/h3-6,8-9,13H,7H2,1-2H3. The Morgan fingerprint density at radius 1 is 1.43 bits per heavy atom. The second kappa shape index (κ2) is 5.40. The Bertz CT molecular complexity index is 291. The zero-order chi connectivity index (χ0) is 10.4. The summed E-state index contributed by atoms with van der Waals surface area (Å²) in [6.45, 7) is 2.15. The molecule has 0 saturated heterocycles. The van der Waals surface area contributed by atoms with E-state index in [1.807, 2.05) is 24.3 Å². The van der Waals surface area contributed by atoms with Crippen LogP contribution in [0.4, 0.5) is 0 Å². The maximum Gasteiger partial charge on any atom is 0.118 e. The van der Waals surface area contributed by atoms with Crippen molar-refractivity contribution < 1.29 is 9.84 Å². The summed E-state index contributed by atoms with van der Waals surface area (Å²) < 4.78 is 5.03. The highest BCUT2D eigenvalue weighted by atomic mass is 16.5. The molecule has 0 spiro atoms. The van der Waals surface area contributed by atoms with Gasteiger partial charge in [-0.05, 0) is 36.8 Å². The summed E-state index contributed by atoms with van der Waals surface area (Å²) in [5.41, 5.74) is 1.01. The van der Waals surface area contributed by atoms with Crippen molar-refractivity contribution in [1.82, 2.24) is 0 Å². The van der Waals surface area contributed by atoms with Crippen LogP contribution in [0.5, 0.6) is 5.75 Å². The van der Waals surface area contributed by atoms with Crippen molar-refractivity contribution in [3.8, 4) is 5.75 Å². The van der Waals surface area contributed by atoms with Gasteiger partial charge in [-0.2, -0.15) is 0 Å². The van der Waals surface area contributed by atoms with Gasteiger partial charge in [0.2, 0.25) is 0 Å². The van der Waals surface area contributed by atoms with Crippen molar-refractivity contribution in [2.24, 2.45) is 4.99 Å². The molecule has 1 unspecified atom stereocenters. The molecule has 1 rings (SSSR count). The molecule has 0 aliphatic rings. The molecule has 3 heteroatoms. The van der Waals surface area contributed by atoms with Crippen LogP contribution in [0, 0.1) is 0 Å². The summed E-state index contributed by atoms with van der Waals surface area (Å²) in [6, 6.07) is 7.60. The number of rotatable bonds is 4. The summed E-state index contributed by atoms with van der Waals surface area (Å²) in [6.07, 6.45) is 1.36. The van der Waals surface area contributed by atoms with Crippen molar-refractivity contribution >= 4 is 6.21 Å². The maximum absolute atomic E-state index is 8.98. The highest BCUT2D eigenvalue weighted by molar-refractivity contribution is 5.79. The van der Waals surface area contributed by atoms with Gasteiger partial charge in [0.25, 0.3) is 0 Å². The number of hydrogen-bond acceptors (Lipinski definition) is 3. The normalized spacial score (nSPS) is 13.1. The molecule has 1 aromatic carbocycles. The summed E-state index contributed by atoms with van der Waals surface area (Å²) >= 11 is 0. The predicted octanol–water partition coefficient (Wildman–Crippen LogP) is 1.49. The Kier molecular flexibility index (Phi) is 4.13. The fraction of sp³-hybridized carbons (Fsp3) is 0.364. The van der Waals surface area contributed by atoms with E-state index in [4.69, 9.17) is 9.84 Å². The Morgan fingerprint density at radius 3 is 2.57 bits per heavy atom. The Hall–Kier alpha value is -1.35. The van der Waals surface area contributed by atoms with Crippen LogP contribution in [0.25, 0.3) is 0 Å². The fourth-order valence-corrected chi connectivity index (χ4v) is 1.00. The van der Waals surface area contributed by atoms with Crippen LogP contribution in [0.15, 0.2) is 29.3 Å². The minimum atomic E-state index is -0.385. The number of nitrogens with zero attached hydrogens (tertiary/aromatic N) is 1. The van der Waals surface area contributed by atoms with E-state index in [2.05, 4.69) is 4.99 Å². The Balaban J connectivity index is 2.55. The first kappa shape index (κ1) is 10.7. The zero-order valence-corrected chi connectivity index (χ0v) is 8.47. The lowest BCUT2D eigenvalue weighted by Crippen LogP contribution is -2.03. The number of hydrogen-bond donors (Lipinski definition) is 1. The number of methoxy groups -OCH3 is 1. The molecule has 76 valence electrons. The number of aliphatic hydroxyl groups is 1. The van der Waals surface area contributed by atoms with E-state index in [0.717, 1.165) is 11.3 Å². The van der Waals surface area contributed by atoms with E-state index in [1.54, 1.807) is 20.2 Å². The van der Waals surface area contributed by atoms with Crippen LogP contribution in [-0.2, 0) is 0 Å². The van der Waals surface area contributed by atoms with E-state index in [9.17, 15) is 0 Å². The number of benzene rings is 1. The average molecular weight is 193 g/mol. The molecule has 0 heterocycles. The molecule has 0 aliphatic carbocycles. The van der Waals surface area contributed by atoms with E-state index >= 15 is 0 Å². The van der Waals surface area contributed by atoms with Gasteiger partial charge >= 0.3 is 0 Å². The SMILES string of the molecule is COc1ccc(C=NCC(C)O)cc1. The van der Waals surface area contributed by atoms with Gasteiger partial charge in [-0.25, -0.2) is 0 Å². The van der Waals surface area contributed by atoms with E-state index < -0.39 is 0 Å². The zero-order valence-electron chi connectivity index (χ0n) is 8.47. The van der Waals surface area contributed by atoms with Crippen LogP contribution < -0.4 is 4.74 Å². The topological polar surface area (TPSA) is 41.8 Å². The smallest absolute Gasteiger partial charge is 0.118 e. The van der Waals surface area contributed by atoms with Crippen LogP contribution >= 0.6 is 0 Å². The van der Waals surface area contributed by atoms with E-state index in [-0.39, 0.29) is 6.10 Å². The molecule has 0 fully saturated rings. The van der Waals surface area contributed by atoms with Gasteiger partial charge in [0, 0.05) is 6.21 Å². The van der Waals surface area contributed by atoms with Gasteiger partial charge in [0.05, 0.1) is 19.8 Å².